The Morgan fingerprint density at radius 3 is 1.84 bits per heavy atom. The standard InChI is InChI=1S/C12H22O7/c1-11(2,16-5)18-9(14)7-8(13)10(15)19-12(3,4)17-6/h8,13H,7H2,1-6H3. The second-order valence-electron chi connectivity index (χ2n) is 4.82. The molecule has 19 heavy (non-hydrogen) atoms. The zero-order chi connectivity index (χ0) is 15.3. The highest BCUT2D eigenvalue weighted by molar-refractivity contribution is 5.81. The van der Waals surface area contributed by atoms with Crippen molar-refractivity contribution in [3.63, 3.8) is 0 Å². The van der Waals surface area contributed by atoms with Crippen molar-refractivity contribution in [3.8, 4) is 0 Å². The van der Waals surface area contributed by atoms with Crippen molar-refractivity contribution in [1.29, 1.82) is 0 Å². The van der Waals surface area contributed by atoms with Gasteiger partial charge in [0.05, 0.1) is 6.42 Å². The molecule has 1 N–H and O–H groups in total. The molecule has 7 heteroatoms. The molecule has 0 aromatic heterocycles. The Hall–Kier alpha value is -1.18. The zero-order valence-corrected chi connectivity index (χ0v) is 12.2. The summed E-state index contributed by atoms with van der Waals surface area (Å²) in [6, 6.07) is 0. The summed E-state index contributed by atoms with van der Waals surface area (Å²) >= 11 is 0. The number of methoxy groups -OCH3 is 2. The molecule has 0 fully saturated rings. The van der Waals surface area contributed by atoms with Crippen LogP contribution in [0, 0.1) is 0 Å². The Morgan fingerprint density at radius 1 is 1.00 bits per heavy atom. The van der Waals surface area contributed by atoms with Crippen LogP contribution >= 0.6 is 0 Å². The van der Waals surface area contributed by atoms with E-state index >= 15 is 0 Å². The molecule has 0 aromatic rings. The van der Waals surface area contributed by atoms with Crippen LogP contribution in [0.1, 0.15) is 34.1 Å². The van der Waals surface area contributed by atoms with E-state index < -0.39 is 36.0 Å². The first-order chi connectivity index (χ1) is 8.53. The van der Waals surface area contributed by atoms with Crippen molar-refractivity contribution >= 4 is 11.9 Å². The minimum Gasteiger partial charge on any atom is -0.434 e. The molecular weight excluding hydrogens is 256 g/mol. The molecule has 1 atom stereocenters. The lowest BCUT2D eigenvalue weighted by Gasteiger charge is -2.25. The molecule has 1 unspecified atom stereocenters. The number of aliphatic hydroxyl groups excluding tert-OH is 1. The van der Waals surface area contributed by atoms with Gasteiger partial charge in [-0.15, -0.1) is 0 Å². The van der Waals surface area contributed by atoms with E-state index in [1.165, 1.54) is 41.9 Å². The summed E-state index contributed by atoms with van der Waals surface area (Å²) in [6.07, 6.45) is -2.14. The number of hydrogen-bond donors (Lipinski definition) is 1. The summed E-state index contributed by atoms with van der Waals surface area (Å²) in [5.74, 6) is -4.02. The predicted octanol–water partition coefficient (Wildman–Crippen LogP) is 0.589. The smallest absolute Gasteiger partial charge is 0.338 e. The Kier molecular flexibility index (Phi) is 6.41. The maximum atomic E-state index is 11.5. The van der Waals surface area contributed by atoms with Crippen molar-refractivity contribution in [1.82, 2.24) is 0 Å². The van der Waals surface area contributed by atoms with Gasteiger partial charge in [0.1, 0.15) is 0 Å². The fraction of sp³-hybridized carbons (Fsp3) is 0.833. The number of hydrogen-bond acceptors (Lipinski definition) is 7. The van der Waals surface area contributed by atoms with Crippen molar-refractivity contribution in [2.75, 3.05) is 14.2 Å². The fourth-order valence-corrected chi connectivity index (χ4v) is 0.951. The highest BCUT2D eigenvalue weighted by Crippen LogP contribution is 2.14. The number of carbonyl (C=O) groups excluding carboxylic acids is 2. The van der Waals surface area contributed by atoms with Gasteiger partial charge in [0, 0.05) is 41.9 Å². The minimum absolute atomic E-state index is 0.522. The Bertz CT molecular complexity index is 322. The monoisotopic (exact) mass is 278 g/mol. The molecule has 0 radical (unpaired) electrons. The molecule has 0 amide bonds. The lowest BCUT2D eigenvalue weighted by molar-refractivity contribution is -0.219. The molecule has 0 aliphatic carbocycles. The van der Waals surface area contributed by atoms with Crippen molar-refractivity contribution in [3.05, 3.63) is 0 Å². The van der Waals surface area contributed by atoms with E-state index in [0.29, 0.717) is 0 Å². The van der Waals surface area contributed by atoms with E-state index in [4.69, 9.17) is 18.9 Å². The Balaban J connectivity index is 4.34. The maximum absolute atomic E-state index is 11.5. The molecule has 0 saturated heterocycles. The minimum atomic E-state index is -1.62. The van der Waals surface area contributed by atoms with Crippen LogP contribution in [0.2, 0.25) is 0 Å². The van der Waals surface area contributed by atoms with Gasteiger partial charge in [-0.3, -0.25) is 4.79 Å². The van der Waals surface area contributed by atoms with Crippen molar-refractivity contribution in [2.24, 2.45) is 0 Å². The summed E-state index contributed by atoms with van der Waals surface area (Å²) in [4.78, 5) is 23.0. The van der Waals surface area contributed by atoms with E-state index in [2.05, 4.69) is 0 Å². The molecule has 0 aromatic carbocycles. The second-order valence-corrected chi connectivity index (χ2v) is 4.82. The number of esters is 2. The highest BCUT2D eigenvalue weighted by Gasteiger charge is 2.30. The van der Waals surface area contributed by atoms with Gasteiger partial charge < -0.3 is 24.1 Å². The largest absolute Gasteiger partial charge is 0.434 e. The maximum Gasteiger partial charge on any atom is 0.338 e. The Labute approximate surface area is 112 Å². The number of ether oxygens (including phenoxy) is 4. The van der Waals surface area contributed by atoms with E-state index in [1.54, 1.807) is 0 Å². The summed E-state index contributed by atoms with van der Waals surface area (Å²) in [5, 5.41) is 9.54. The lowest BCUT2D eigenvalue weighted by atomic mass is 10.2. The molecule has 0 bridgehead atoms. The Morgan fingerprint density at radius 2 is 1.42 bits per heavy atom. The third-order valence-electron chi connectivity index (χ3n) is 2.32. The highest BCUT2D eigenvalue weighted by atomic mass is 16.7. The quantitative estimate of drug-likeness (QED) is 0.538. The normalized spacial score (nSPS) is 13.8. The topological polar surface area (TPSA) is 91.3 Å². The van der Waals surface area contributed by atoms with E-state index in [0.717, 1.165) is 0 Å². The molecular formula is C12H22O7. The van der Waals surface area contributed by atoms with Crippen LogP contribution in [0.4, 0.5) is 0 Å². The van der Waals surface area contributed by atoms with Gasteiger partial charge >= 0.3 is 11.9 Å². The number of aliphatic hydroxyl groups is 1. The summed E-state index contributed by atoms with van der Waals surface area (Å²) in [7, 11) is 2.73. The third kappa shape index (κ3) is 7.09. The molecule has 0 spiro atoms. The molecule has 0 aliphatic heterocycles. The molecule has 7 nitrogen and oxygen atoms in total. The molecule has 0 aliphatic rings. The summed E-state index contributed by atoms with van der Waals surface area (Å²) in [6.45, 7) is 6.07. The van der Waals surface area contributed by atoms with Gasteiger partial charge in [0.15, 0.2) is 6.10 Å². The number of carbonyl (C=O) groups is 2. The molecule has 0 heterocycles. The zero-order valence-electron chi connectivity index (χ0n) is 12.2. The van der Waals surface area contributed by atoms with Gasteiger partial charge in [-0.2, -0.15) is 0 Å². The lowest BCUT2D eigenvalue weighted by Crippen LogP contribution is -2.38. The molecule has 112 valence electrons. The van der Waals surface area contributed by atoms with Crippen molar-refractivity contribution in [2.45, 2.75) is 51.8 Å². The predicted molar refractivity (Wildman–Crippen MR) is 65.0 cm³/mol. The summed E-state index contributed by atoms with van der Waals surface area (Å²) < 4.78 is 19.5. The van der Waals surface area contributed by atoms with E-state index in [1.807, 2.05) is 0 Å². The van der Waals surface area contributed by atoms with Crippen LogP contribution in [0.3, 0.4) is 0 Å². The SMILES string of the molecule is COC(C)(C)OC(=O)CC(O)C(=O)OC(C)(C)OC. The summed E-state index contributed by atoms with van der Waals surface area (Å²) in [5.41, 5.74) is 0. The van der Waals surface area contributed by atoms with Crippen LogP contribution in [-0.4, -0.2) is 48.9 Å². The van der Waals surface area contributed by atoms with Crippen LogP contribution in [-0.2, 0) is 28.5 Å². The third-order valence-corrected chi connectivity index (χ3v) is 2.32. The van der Waals surface area contributed by atoms with Gasteiger partial charge in [-0.05, 0) is 0 Å². The molecule has 0 saturated carbocycles. The van der Waals surface area contributed by atoms with Crippen LogP contribution in [0.5, 0.6) is 0 Å². The number of rotatable bonds is 7. The van der Waals surface area contributed by atoms with E-state index in [-0.39, 0.29) is 0 Å². The van der Waals surface area contributed by atoms with Gasteiger partial charge in [0.2, 0.25) is 11.6 Å². The molecule has 0 rings (SSSR count). The van der Waals surface area contributed by atoms with Crippen LogP contribution in [0.15, 0.2) is 0 Å². The first-order valence-electron chi connectivity index (χ1n) is 5.76. The van der Waals surface area contributed by atoms with Crippen LogP contribution < -0.4 is 0 Å². The average molecular weight is 278 g/mol. The van der Waals surface area contributed by atoms with Gasteiger partial charge in [0.25, 0.3) is 0 Å². The second kappa shape index (κ2) is 6.83. The van der Waals surface area contributed by atoms with Crippen molar-refractivity contribution < 1.29 is 33.6 Å². The van der Waals surface area contributed by atoms with Crippen LogP contribution in [0.25, 0.3) is 0 Å². The first-order valence-corrected chi connectivity index (χ1v) is 5.76. The van der Waals surface area contributed by atoms with E-state index in [9.17, 15) is 14.7 Å². The fourth-order valence-electron chi connectivity index (χ4n) is 0.951. The van der Waals surface area contributed by atoms with Gasteiger partial charge in [-0.25, -0.2) is 4.79 Å². The first kappa shape index (κ1) is 17.8. The average Bonchev–Trinajstić information content (AvgIpc) is 2.27. The van der Waals surface area contributed by atoms with Gasteiger partial charge in [-0.1, -0.05) is 0 Å².